The fraction of sp³-hybridized carbons (Fsp3) is 0.900. The number of hydrogen-bond donors (Lipinski definition) is 1. The van der Waals surface area contributed by atoms with Crippen molar-refractivity contribution in [2.24, 2.45) is 5.14 Å². The van der Waals surface area contributed by atoms with Gasteiger partial charge >= 0.3 is 0 Å². The van der Waals surface area contributed by atoms with E-state index in [1.807, 2.05) is 0 Å². The lowest BCUT2D eigenvalue weighted by molar-refractivity contribution is -0.126. The SMILES string of the molecule is NS(=O)(=O)CCN1C2CCCC1CC(=O)C2. The molecule has 0 aromatic carbocycles. The molecule has 5 nitrogen and oxygen atoms in total. The number of fused-ring (bicyclic) bond motifs is 2. The zero-order chi connectivity index (χ0) is 11.8. The first-order valence-electron chi connectivity index (χ1n) is 5.73. The van der Waals surface area contributed by atoms with Crippen LogP contribution in [-0.2, 0) is 14.8 Å². The largest absolute Gasteiger partial charge is 0.300 e. The van der Waals surface area contributed by atoms with E-state index in [1.165, 1.54) is 0 Å². The number of nitrogens with two attached hydrogens (primary N) is 1. The molecule has 2 atom stereocenters. The van der Waals surface area contributed by atoms with E-state index in [-0.39, 0.29) is 17.8 Å². The fourth-order valence-corrected chi connectivity index (χ4v) is 3.33. The van der Waals surface area contributed by atoms with Crippen molar-refractivity contribution in [3.8, 4) is 0 Å². The summed E-state index contributed by atoms with van der Waals surface area (Å²) in [6.07, 6.45) is 4.33. The number of hydrogen-bond acceptors (Lipinski definition) is 4. The summed E-state index contributed by atoms with van der Waals surface area (Å²) >= 11 is 0. The van der Waals surface area contributed by atoms with E-state index >= 15 is 0 Å². The molecule has 2 aliphatic heterocycles. The summed E-state index contributed by atoms with van der Waals surface area (Å²) in [4.78, 5) is 13.6. The Balaban J connectivity index is 2.01. The predicted molar refractivity (Wildman–Crippen MR) is 60.3 cm³/mol. The van der Waals surface area contributed by atoms with Crippen molar-refractivity contribution in [2.45, 2.75) is 44.2 Å². The lowest BCUT2D eigenvalue weighted by Gasteiger charge is -2.45. The third-order valence-corrected chi connectivity index (χ3v) is 4.32. The molecular formula is C10H18N2O3S. The first-order valence-corrected chi connectivity index (χ1v) is 7.45. The van der Waals surface area contributed by atoms with Gasteiger partial charge in [-0.15, -0.1) is 0 Å². The Kier molecular flexibility index (Phi) is 3.32. The lowest BCUT2D eigenvalue weighted by Crippen LogP contribution is -2.53. The van der Waals surface area contributed by atoms with Gasteiger partial charge in [-0.05, 0) is 12.8 Å². The van der Waals surface area contributed by atoms with Gasteiger partial charge in [0.15, 0.2) is 0 Å². The number of carbonyl (C=O) groups is 1. The zero-order valence-electron chi connectivity index (χ0n) is 9.26. The number of sulfonamides is 1. The van der Waals surface area contributed by atoms with E-state index in [0.717, 1.165) is 19.3 Å². The Bertz CT molecular complexity index is 364. The molecule has 0 amide bonds. The number of nitrogens with zero attached hydrogens (tertiary/aromatic N) is 1. The summed E-state index contributed by atoms with van der Waals surface area (Å²) in [6.45, 7) is 0.474. The quantitative estimate of drug-likeness (QED) is 0.751. The summed E-state index contributed by atoms with van der Waals surface area (Å²) < 4.78 is 21.9. The van der Waals surface area contributed by atoms with Gasteiger partial charge < -0.3 is 0 Å². The van der Waals surface area contributed by atoms with Gasteiger partial charge in [-0.1, -0.05) is 6.42 Å². The van der Waals surface area contributed by atoms with Gasteiger partial charge in [0.2, 0.25) is 10.0 Å². The second-order valence-electron chi connectivity index (χ2n) is 4.79. The normalized spacial score (nSPS) is 31.7. The van der Waals surface area contributed by atoms with E-state index < -0.39 is 10.0 Å². The number of primary sulfonamides is 1. The molecule has 0 radical (unpaired) electrons. The minimum atomic E-state index is -3.39. The van der Waals surface area contributed by atoms with E-state index in [1.54, 1.807) is 0 Å². The average Bonchev–Trinajstić information content (AvgIpc) is 2.12. The summed E-state index contributed by atoms with van der Waals surface area (Å²) in [6, 6.07) is 0.503. The van der Waals surface area contributed by atoms with E-state index in [0.29, 0.717) is 25.2 Å². The van der Waals surface area contributed by atoms with Gasteiger partial charge in [-0.25, -0.2) is 13.6 Å². The average molecular weight is 246 g/mol. The van der Waals surface area contributed by atoms with Crippen molar-refractivity contribution in [3.63, 3.8) is 0 Å². The molecule has 0 aliphatic carbocycles. The highest BCUT2D eigenvalue weighted by atomic mass is 32.2. The molecule has 2 unspecified atom stereocenters. The second-order valence-corrected chi connectivity index (χ2v) is 6.52. The van der Waals surface area contributed by atoms with Gasteiger partial charge in [0.05, 0.1) is 5.75 Å². The van der Waals surface area contributed by atoms with Crippen molar-refractivity contribution >= 4 is 15.8 Å². The molecule has 2 bridgehead atoms. The topological polar surface area (TPSA) is 80.5 Å². The number of ketones is 1. The molecule has 16 heavy (non-hydrogen) atoms. The van der Waals surface area contributed by atoms with Gasteiger partial charge in [0, 0.05) is 31.5 Å². The van der Waals surface area contributed by atoms with Crippen LogP contribution in [0.3, 0.4) is 0 Å². The van der Waals surface area contributed by atoms with Crippen molar-refractivity contribution < 1.29 is 13.2 Å². The second kappa shape index (κ2) is 4.43. The van der Waals surface area contributed by atoms with Gasteiger partial charge in [0.1, 0.15) is 5.78 Å². The Labute approximate surface area is 96.0 Å². The van der Waals surface area contributed by atoms with Crippen LogP contribution in [0.5, 0.6) is 0 Å². The van der Waals surface area contributed by atoms with Crippen LogP contribution in [0.15, 0.2) is 0 Å². The number of rotatable bonds is 3. The van der Waals surface area contributed by atoms with Crippen LogP contribution in [0, 0.1) is 0 Å². The van der Waals surface area contributed by atoms with Crippen LogP contribution in [0.2, 0.25) is 0 Å². The van der Waals surface area contributed by atoms with Crippen molar-refractivity contribution in [1.82, 2.24) is 4.90 Å². The number of piperidine rings is 2. The molecule has 2 N–H and O–H groups in total. The standard InChI is InChI=1S/C10H18N2O3S/c11-16(14,15)5-4-12-8-2-1-3-9(12)7-10(13)6-8/h8-9H,1-7H2,(H2,11,14,15). The summed E-state index contributed by atoms with van der Waals surface area (Å²) in [5.41, 5.74) is 0. The maximum atomic E-state index is 11.5. The summed E-state index contributed by atoms with van der Waals surface area (Å²) in [5.74, 6) is 0.315. The van der Waals surface area contributed by atoms with Crippen LogP contribution >= 0.6 is 0 Å². The number of Topliss-reactive ketones (excluding diaryl/α,β-unsaturated/α-hetero) is 1. The predicted octanol–water partition coefficient (Wildman–Crippen LogP) is -0.139. The fourth-order valence-electron chi connectivity index (χ4n) is 2.86. The van der Waals surface area contributed by atoms with Crippen molar-refractivity contribution in [3.05, 3.63) is 0 Å². The molecule has 2 rings (SSSR count). The third kappa shape index (κ3) is 2.81. The lowest BCUT2D eigenvalue weighted by atomic mass is 9.84. The monoisotopic (exact) mass is 246 g/mol. The van der Waals surface area contributed by atoms with Gasteiger partial charge in [-0.2, -0.15) is 0 Å². The van der Waals surface area contributed by atoms with Gasteiger partial charge in [-0.3, -0.25) is 9.69 Å². The Morgan fingerprint density at radius 1 is 1.25 bits per heavy atom. The minimum Gasteiger partial charge on any atom is -0.300 e. The first kappa shape index (κ1) is 12.0. The molecule has 0 saturated carbocycles. The first-order chi connectivity index (χ1) is 7.46. The molecule has 0 spiro atoms. The summed E-state index contributed by atoms with van der Waals surface area (Å²) in [7, 11) is -3.39. The Hall–Kier alpha value is -0.460. The molecular weight excluding hydrogens is 228 g/mol. The highest BCUT2D eigenvalue weighted by Crippen LogP contribution is 2.31. The van der Waals surface area contributed by atoms with Crippen LogP contribution in [0.4, 0.5) is 0 Å². The molecule has 2 heterocycles. The molecule has 2 fully saturated rings. The van der Waals surface area contributed by atoms with Crippen LogP contribution in [0.1, 0.15) is 32.1 Å². The van der Waals surface area contributed by atoms with Crippen LogP contribution in [0.25, 0.3) is 0 Å². The maximum Gasteiger partial charge on any atom is 0.210 e. The Morgan fingerprint density at radius 3 is 2.31 bits per heavy atom. The highest BCUT2D eigenvalue weighted by molar-refractivity contribution is 7.89. The number of carbonyl (C=O) groups excluding carboxylic acids is 1. The molecule has 0 aromatic rings. The molecule has 92 valence electrons. The van der Waals surface area contributed by atoms with Crippen LogP contribution < -0.4 is 5.14 Å². The molecule has 2 aliphatic rings. The molecule has 0 aromatic heterocycles. The Morgan fingerprint density at radius 2 is 1.81 bits per heavy atom. The summed E-state index contributed by atoms with van der Waals surface area (Å²) in [5, 5.41) is 5.01. The van der Waals surface area contributed by atoms with E-state index in [9.17, 15) is 13.2 Å². The smallest absolute Gasteiger partial charge is 0.210 e. The van der Waals surface area contributed by atoms with E-state index in [2.05, 4.69) is 4.90 Å². The van der Waals surface area contributed by atoms with Crippen LogP contribution in [-0.4, -0.2) is 43.5 Å². The van der Waals surface area contributed by atoms with Crippen molar-refractivity contribution in [2.75, 3.05) is 12.3 Å². The minimum absolute atomic E-state index is 0.00576. The third-order valence-electron chi connectivity index (χ3n) is 3.57. The molecule has 6 heteroatoms. The molecule has 2 saturated heterocycles. The van der Waals surface area contributed by atoms with E-state index in [4.69, 9.17) is 5.14 Å². The zero-order valence-corrected chi connectivity index (χ0v) is 10.1. The highest BCUT2D eigenvalue weighted by Gasteiger charge is 2.37. The van der Waals surface area contributed by atoms with Crippen molar-refractivity contribution in [1.29, 1.82) is 0 Å². The maximum absolute atomic E-state index is 11.5. The van der Waals surface area contributed by atoms with Gasteiger partial charge in [0.25, 0.3) is 0 Å².